The fraction of sp³-hybridized carbons (Fsp3) is 0.435. The van der Waals surface area contributed by atoms with Crippen LogP contribution in [0.4, 0.5) is 4.79 Å². The Balaban J connectivity index is 1.61. The van der Waals surface area contributed by atoms with Gasteiger partial charge in [0.2, 0.25) is 0 Å². The second-order valence-corrected chi connectivity index (χ2v) is 8.80. The SMILES string of the molecule is Cc1ccc(-c2cc3nccc(C4CCCN(C(=O)OC(C)(C)C)C4)n3n2)cc1. The van der Waals surface area contributed by atoms with Gasteiger partial charge in [-0.3, -0.25) is 0 Å². The molecule has 1 aliphatic rings. The molecule has 0 bridgehead atoms. The molecule has 3 aromatic rings. The zero-order chi connectivity index (χ0) is 20.6. The number of ether oxygens (including phenoxy) is 1. The summed E-state index contributed by atoms with van der Waals surface area (Å²) in [4.78, 5) is 18.9. The number of aromatic nitrogens is 3. The van der Waals surface area contributed by atoms with E-state index < -0.39 is 5.60 Å². The highest BCUT2D eigenvalue weighted by molar-refractivity contribution is 5.68. The van der Waals surface area contributed by atoms with Crippen LogP contribution < -0.4 is 0 Å². The van der Waals surface area contributed by atoms with E-state index in [0.717, 1.165) is 42.0 Å². The van der Waals surface area contributed by atoms with Gasteiger partial charge in [-0.25, -0.2) is 14.3 Å². The molecule has 29 heavy (non-hydrogen) atoms. The standard InChI is InChI=1S/C23H28N4O2/c1-16-7-9-17(10-8-16)19-14-21-24-12-11-20(27(21)25-19)18-6-5-13-26(15-18)22(28)29-23(2,3)4/h7-12,14,18H,5-6,13,15H2,1-4H3. The molecule has 6 nitrogen and oxygen atoms in total. The minimum absolute atomic E-state index is 0.201. The smallest absolute Gasteiger partial charge is 0.410 e. The molecule has 3 heterocycles. The molecular formula is C23H28N4O2. The van der Waals surface area contributed by atoms with E-state index in [9.17, 15) is 4.79 Å². The molecule has 0 spiro atoms. The van der Waals surface area contributed by atoms with E-state index in [0.29, 0.717) is 6.54 Å². The lowest BCUT2D eigenvalue weighted by molar-refractivity contribution is 0.0196. The molecule has 4 rings (SSSR count). The number of fused-ring (bicyclic) bond motifs is 1. The Labute approximate surface area is 171 Å². The molecule has 0 aliphatic carbocycles. The largest absolute Gasteiger partial charge is 0.444 e. The topological polar surface area (TPSA) is 59.7 Å². The molecule has 152 valence electrons. The maximum Gasteiger partial charge on any atom is 0.410 e. The van der Waals surface area contributed by atoms with Crippen LogP contribution in [-0.4, -0.2) is 44.3 Å². The maximum atomic E-state index is 12.5. The number of piperidine rings is 1. The summed E-state index contributed by atoms with van der Waals surface area (Å²) in [6, 6.07) is 12.4. The van der Waals surface area contributed by atoms with E-state index in [2.05, 4.69) is 36.2 Å². The van der Waals surface area contributed by atoms with Crippen LogP contribution in [0.25, 0.3) is 16.9 Å². The van der Waals surface area contributed by atoms with E-state index in [1.807, 2.05) is 48.5 Å². The predicted octanol–water partition coefficient (Wildman–Crippen LogP) is 4.82. The van der Waals surface area contributed by atoms with Crippen molar-refractivity contribution in [3.05, 3.63) is 53.9 Å². The van der Waals surface area contributed by atoms with Gasteiger partial charge in [0.05, 0.1) is 11.4 Å². The quantitative estimate of drug-likeness (QED) is 0.627. The number of aryl methyl sites for hydroxylation is 1. The number of benzene rings is 1. The van der Waals surface area contributed by atoms with Crippen LogP contribution in [0.2, 0.25) is 0 Å². The number of carbonyl (C=O) groups is 1. The van der Waals surface area contributed by atoms with Crippen molar-refractivity contribution in [1.29, 1.82) is 0 Å². The fourth-order valence-corrected chi connectivity index (χ4v) is 3.80. The Bertz CT molecular complexity index is 1020. The highest BCUT2D eigenvalue weighted by atomic mass is 16.6. The van der Waals surface area contributed by atoms with Crippen molar-refractivity contribution in [3.63, 3.8) is 0 Å². The number of likely N-dealkylation sites (tertiary alicyclic amines) is 1. The summed E-state index contributed by atoms with van der Waals surface area (Å²) in [5, 5.41) is 4.84. The number of carbonyl (C=O) groups excluding carboxylic acids is 1. The van der Waals surface area contributed by atoms with Crippen LogP contribution in [0, 0.1) is 6.92 Å². The number of nitrogens with zero attached hydrogens (tertiary/aromatic N) is 4. The molecule has 0 N–H and O–H groups in total. The van der Waals surface area contributed by atoms with E-state index >= 15 is 0 Å². The number of amides is 1. The van der Waals surface area contributed by atoms with Gasteiger partial charge >= 0.3 is 6.09 Å². The number of rotatable bonds is 2. The lowest BCUT2D eigenvalue weighted by Gasteiger charge is -2.34. The second kappa shape index (κ2) is 7.50. The number of hydrogen-bond donors (Lipinski definition) is 0. The first-order chi connectivity index (χ1) is 13.8. The number of hydrogen-bond acceptors (Lipinski definition) is 4. The average molecular weight is 393 g/mol. The van der Waals surface area contributed by atoms with Gasteiger partial charge in [0.1, 0.15) is 5.60 Å². The molecular weight excluding hydrogens is 364 g/mol. The van der Waals surface area contributed by atoms with Gasteiger partial charge < -0.3 is 9.64 Å². The summed E-state index contributed by atoms with van der Waals surface area (Å²) in [6.45, 7) is 9.13. The predicted molar refractivity (Wildman–Crippen MR) is 113 cm³/mol. The first-order valence-corrected chi connectivity index (χ1v) is 10.2. The van der Waals surface area contributed by atoms with E-state index in [1.54, 1.807) is 0 Å². The third-order valence-corrected chi connectivity index (χ3v) is 5.23. The van der Waals surface area contributed by atoms with Crippen molar-refractivity contribution in [2.75, 3.05) is 13.1 Å². The Morgan fingerprint density at radius 3 is 2.66 bits per heavy atom. The summed E-state index contributed by atoms with van der Waals surface area (Å²) < 4.78 is 7.50. The van der Waals surface area contributed by atoms with Crippen LogP contribution in [0.3, 0.4) is 0 Å². The first kappa shape index (κ1) is 19.4. The lowest BCUT2D eigenvalue weighted by atomic mass is 9.95. The van der Waals surface area contributed by atoms with Gasteiger partial charge in [0.15, 0.2) is 5.65 Å². The van der Waals surface area contributed by atoms with Gasteiger partial charge in [-0.15, -0.1) is 0 Å². The molecule has 1 unspecified atom stereocenters. The zero-order valence-corrected chi connectivity index (χ0v) is 17.6. The van der Waals surface area contributed by atoms with Gasteiger partial charge in [-0.1, -0.05) is 29.8 Å². The fourth-order valence-electron chi connectivity index (χ4n) is 3.80. The molecule has 1 aromatic carbocycles. The Kier molecular flexibility index (Phi) is 5.03. The monoisotopic (exact) mass is 392 g/mol. The molecule has 1 fully saturated rings. The Morgan fingerprint density at radius 1 is 1.17 bits per heavy atom. The molecule has 0 radical (unpaired) electrons. The van der Waals surface area contributed by atoms with Crippen LogP contribution in [-0.2, 0) is 4.74 Å². The molecule has 1 saturated heterocycles. The van der Waals surface area contributed by atoms with Gasteiger partial charge in [0, 0.05) is 36.8 Å². The minimum Gasteiger partial charge on any atom is -0.444 e. The van der Waals surface area contributed by atoms with E-state index in [1.165, 1.54) is 5.56 Å². The zero-order valence-electron chi connectivity index (χ0n) is 17.6. The van der Waals surface area contributed by atoms with Crippen molar-refractivity contribution in [3.8, 4) is 11.3 Å². The minimum atomic E-state index is -0.487. The van der Waals surface area contributed by atoms with E-state index in [-0.39, 0.29) is 12.0 Å². The summed E-state index contributed by atoms with van der Waals surface area (Å²) in [5.41, 5.74) is 4.63. The molecule has 2 aromatic heterocycles. The van der Waals surface area contributed by atoms with Crippen molar-refractivity contribution in [1.82, 2.24) is 19.5 Å². The molecule has 6 heteroatoms. The first-order valence-electron chi connectivity index (χ1n) is 10.2. The molecule has 0 saturated carbocycles. The van der Waals surface area contributed by atoms with Gasteiger partial charge in [0.25, 0.3) is 0 Å². The van der Waals surface area contributed by atoms with Crippen molar-refractivity contribution in [2.24, 2.45) is 0 Å². The van der Waals surface area contributed by atoms with Crippen LogP contribution in [0.1, 0.15) is 50.8 Å². The Morgan fingerprint density at radius 2 is 1.93 bits per heavy atom. The molecule has 1 amide bonds. The average Bonchev–Trinajstić information content (AvgIpc) is 3.11. The summed E-state index contributed by atoms with van der Waals surface area (Å²) in [7, 11) is 0. The highest BCUT2D eigenvalue weighted by Gasteiger charge is 2.29. The van der Waals surface area contributed by atoms with Crippen molar-refractivity contribution in [2.45, 2.75) is 52.1 Å². The Hall–Kier alpha value is -2.89. The van der Waals surface area contributed by atoms with Crippen molar-refractivity contribution >= 4 is 11.7 Å². The second-order valence-electron chi connectivity index (χ2n) is 8.80. The lowest BCUT2D eigenvalue weighted by Crippen LogP contribution is -2.42. The maximum absolute atomic E-state index is 12.5. The summed E-state index contributed by atoms with van der Waals surface area (Å²) >= 11 is 0. The third kappa shape index (κ3) is 4.26. The van der Waals surface area contributed by atoms with Gasteiger partial charge in [-0.05, 0) is 46.6 Å². The van der Waals surface area contributed by atoms with Crippen LogP contribution in [0.15, 0.2) is 42.6 Å². The van der Waals surface area contributed by atoms with Crippen molar-refractivity contribution < 1.29 is 9.53 Å². The van der Waals surface area contributed by atoms with Crippen LogP contribution >= 0.6 is 0 Å². The normalized spacial score (nSPS) is 17.5. The van der Waals surface area contributed by atoms with E-state index in [4.69, 9.17) is 9.84 Å². The summed E-state index contributed by atoms with van der Waals surface area (Å²) in [5.74, 6) is 0.201. The third-order valence-electron chi connectivity index (χ3n) is 5.23. The molecule has 1 aliphatic heterocycles. The molecule has 1 atom stereocenters. The van der Waals surface area contributed by atoms with Crippen LogP contribution in [0.5, 0.6) is 0 Å². The van der Waals surface area contributed by atoms with Gasteiger partial charge in [-0.2, -0.15) is 5.10 Å². The summed E-state index contributed by atoms with van der Waals surface area (Å²) in [6.07, 6.45) is 3.55. The highest BCUT2D eigenvalue weighted by Crippen LogP contribution is 2.29.